The summed E-state index contributed by atoms with van der Waals surface area (Å²) in [5, 5.41) is 8.10. The minimum Gasteiger partial charge on any atom is -0.364 e. The number of aromatic nitrogens is 2. The van der Waals surface area contributed by atoms with E-state index in [9.17, 15) is 14.4 Å². The lowest BCUT2D eigenvalue weighted by molar-refractivity contribution is -0.140. The zero-order valence-electron chi connectivity index (χ0n) is 16.4. The van der Waals surface area contributed by atoms with Crippen LogP contribution in [0.3, 0.4) is 0 Å². The Morgan fingerprint density at radius 1 is 1.26 bits per heavy atom. The molecule has 0 bridgehead atoms. The number of nitrogens with two attached hydrogens (primary N) is 1. The number of amides is 3. The molecule has 3 amide bonds. The van der Waals surface area contributed by atoms with Crippen molar-refractivity contribution >= 4 is 63.4 Å². The second-order valence-corrected chi connectivity index (χ2v) is 10.5. The van der Waals surface area contributed by atoms with E-state index in [1.165, 1.54) is 4.68 Å². The second-order valence-electron chi connectivity index (χ2n) is 8.55. The number of piperidine rings is 1. The number of alkyl halides is 2. The van der Waals surface area contributed by atoms with Gasteiger partial charge in [0, 0.05) is 28.9 Å². The van der Waals surface area contributed by atoms with Crippen LogP contribution in [0.5, 0.6) is 0 Å². The van der Waals surface area contributed by atoms with Crippen molar-refractivity contribution in [3.05, 3.63) is 28.9 Å². The van der Waals surface area contributed by atoms with Crippen LogP contribution in [0.1, 0.15) is 29.8 Å². The van der Waals surface area contributed by atoms with Crippen molar-refractivity contribution in [2.24, 2.45) is 17.6 Å². The monoisotopic (exact) mass is 483 g/mol. The number of carbonyl (C=O) groups is 3. The molecule has 1 aliphatic heterocycles. The number of halogens is 3. The van der Waals surface area contributed by atoms with Crippen LogP contribution in [-0.4, -0.2) is 55.4 Å². The number of benzene rings is 1. The van der Waals surface area contributed by atoms with Gasteiger partial charge in [-0.3, -0.25) is 19.1 Å². The minimum absolute atomic E-state index is 0.0345. The van der Waals surface area contributed by atoms with Gasteiger partial charge in [-0.1, -0.05) is 11.6 Å². The summed E-state index contributed by atoms with van der Waals surface area (Å²) >= 11 is 18.2. The number of fused-ring (bicyclic) bond motifs is 2. The molecule has 1 aromatic carbocycles. The average molecular weight is 485 g/mol. The van der Waals surface area contributed by atoms with Gasteiger partial charge < -0.3 is 16.0 Å². The molecule has 11 heteroatoms. The molecule has 1 unspecified atom stereocenters. The van der Waals surface area contributed by atoms with Crippen LogP contribution in [0, 0.1) is 11.8 Å². The number of hydrogen-bond donors (Lipinski definition) is 2. The number of primary amides is 1. The van der Waals surface area contributed by atoms with Crippen LogP contribution in [0.4, 0.5) is 0 Å². The van der Waals surface area contributed by atoms with E-state index in [0.29, 0.717) is 41.2 Å². The van der Waals surface area contributed by atoms with Crippen molar-refractivity contribution in [1.29, 1.82) is 0 Å². The molecule has 4 atom stereocenters. The maximum atomic E-state index is 13.2. The van der Waals surface area contributed by atoms with Crippen molar-refractivity contribution < 1.29 is 14.4 Å². The molecule has 3 N–H and O–H groups in total. The van der Waals surface area contributed by atoms with Crippen LogP contribution in [0.25, 0.3) is 10.9 Å². The molecule has 0 radical (unpaired) electrons. The first-order chi connectivity index (χ1) is 14.7. The normalized spacial score (nSPS) is 27.8. The average Bonchev–Trinajstić information content (AvgIpc) is 3.50. The van der Waals surface area contributed by atoms with Crippen LogP contribution < -0.4 is 11.1 Å². The predicted molar refractivity (Wildman–Crippen MR) is 116 cm³/mol. The fourth-order valence-electron chi connectivity index (χ4n) is 4.54. The molecule has 3 aliphatic rings. The molecule has 31 heavy (non-hydrogen) atoms. The lowest BCUT2D eigenvalue weighted by Gasteiger charge is -2.27. The van der Waals surface area contributed by atoms with E-state index in [-0.39, 0.29) is 36.0 Å². The van der Waals surface area contributed by atoms with Crippen LogP contribution in [0.2, 0.25) is 5.02 Å². The molecule has 8 nitrogen and oxygen atoms in total. The highest BCUT2D eigenvalue weighted by molar-refractivity contribution is 6.50. The van der Waals surface area contributed by atoms with E-state index in [2.05, 4.69) is 10.4 Å². The second kappa shape index (κ2) is 7.25. The zero-order chi connectivity index (χ0) is 22.1. The van der Waals surface area contributed by atoms with E-state index < -0.39 is 16.3 Å². The maximum Gasteiger partial charge on any atom is 0.269 e. The van der Waals surface area contributed by atoms with Crippen LogP contribution in [0.15, 0.2) is 18.2 Å². The van der Waals surface area contributed by atoms with Crippen molar-refractivity contribution in [1.82, 2.24) is 20.0 Å². The standard InChI is InChI=1S/C20H20Cl3N5O3/c21-11-1-2-12-14(5-11)27(26-17(12)18(24)30)8-16(29)28-13-3-9(13)4-15(28)19(31)25-7-10-6-20(10,22)23/h1-2,5,9-10,13,15H,3-4,6-8H2,(H2,24,30)(H,25,31)/t9-,10?,13-,15+/m1/s1. The largest absolute Gasteiger partial charge is 0.364 e. The van der Waals surface area contributed by atoms with E-state index in [1.807, 2.05) is 0 Å². The smallest absolute Gasteiger partial charge is 0.269 e. The van der Waals surface area contributed by atoms with Crippen LogP contribution in [-0.2, 0) is 16.1 Å². The summed E-state index contributed by atoms with van der Waals surface area (Å²) in [5.41, 5.74) is 6.06. The summed E-state index contributed by atoms with van der Waals surface area (Å²) < 4.78 is 0.662. The van der Waals surface area contributed by atoms with E-state index >= 15 is 0 Å². The van der Waals surface area contributed by atoms with Gasteiger partial charge in [-0.2, -0.15) is 5.10 Å². The van der Waals surface area contributed by atoms with Crippen LogP contribution >= 0.6 is 34.8 Å². The van der Waals surface area contributed by atoms with Gasteiger partial charge >= 0.3 is 0 Å². The first-order valence-corrected chi connectivity index (χ1v) is 11.2. The summed E-state index contributed by atoms with van der Waals surface area (Å²) in [7, 11) is 0. The molecular formula is C20H20Cl3N5O3. The summed E-state index contributed by atoms with van der Waals surface area (Å²) in [4.78, 5) is 39.4. The van der Waals surface area contributed by atoms with Gasteiger partial charge in [0.05, 0.1) is 5.52 Å². The summed E-state index contributed by atoms with van der Waals surface area (Å²) in [6, 6.07) is 4.45. The Morgan fingerprint density at radius 3 is 2.68 bits per heavy atom. The number of rotatable bonds is 6. The van der Waals surface area contributed by atoms with E-state index in [4.69, 9.17) is 40.5 Å². The number of carbonyl (C=O) groups excluding carboxylic acids is 3. The fourth-order valence-corrected chi connectivity index (χ4v) is 5.23. The Labute approximate surface area is 192 Å². The van der Waals surface area contributed by atoms with Gasteiger partial charge in [0.1, 0.15) is 16.9 Å². The number of likely N-dealkylation sites (tertiary alicyclic amines) is 1. The predicted octanol–water partition coefficient (Wildman–Crippen LogP) is 2.09. The van der Waals surface area contributed by atoms with Gasteiger partial charge in [-0.25, -0.2) is 0 Å². The Balaban J connectivity index is 1.34. The number of nitrogens with one attached hydrogen (secondary N) is 1. The Bertz CT molecular complexity index is 1120. The zero-order valence-corrected chi connectivity index (χ0v) is 18.6. The molecule has 2 aromatic rings. The molecule has 0 spiro atoms. The SMILES string of the molecule is NC(=O)c1nn(CC(=O)N2[C@@H]3C[C@@H]3C[C@H]2C(=O)NCC2CC2(Cl)Cl)c2cc(Cl)ccc12. The third kappa shape index (κ3) is 3.75. The molecular weight excluding hydrogens is 465 g/mol. The van der Waals surface area contributed by atoms with Gasteiger partial charge in [0.2, 0.25) is 11.8 Å². The third-order valence-electron chi connectivity index (χ3n) is 6.41. The van der Waals surface area contributed by atoms with Crippen molar-refractivity contribution in [3.63, 3.8) is 0 Å². The summed E-state index contributed by atoms with van der Waals surface area (Å²) in [6.07, 6.45) is 2.17. The highest BCUT2D eigenvalue weighted by atomic mass is 35.5. The molecule has 2 aliphatic carbocycles. The maximum absolute atomic E-state index is 13.2. The number of hydrogen-bond acceptors (Lipinski definition) is 4. The van der Waals surface area contributed by atoms with Crippen molar-refractivity contribution in [3.8, 4) is 0 Å². The highest BCUT2D eigenvalue weighted by Crippen LogP contribution is 2.53. The molecule has 5 rings (SSSR count). The molecule has 3 fully saturated rings. The molecule has 2 saturated carbocycles. The first kappa shape index (κ1) is 20.8. The molecule has 1 aromatic heterocycles. The van der Waals surface area contributed by atoms with Crippen molar-refractivity contribution in [2.75, 3.05) is 6.54 Å². The van der Waals surface area contributed by atoms with Gasteiger partial charge in [0.15, 0.2) is 5.69 Å². The number of nitrogens with zero attached hydrogens (tertiary/aromatic N) is 3. The Morgan fingerprint density at radius 2 is 2.00 bits per heavy atom. The lowest BCUT2D eigenvalue weighted by Crippen LogP contribution is -2.49. The Kier molecular flexibility index (Phi) is 4.88. The molecule has 2 heterocycles. The van der Waals surface area contributed by atoms with E-state index in [1.54, 1.807) is 23.1 Å². The first-order valence-electron chi connectivity index (χ1n) is 10.1. The lowest BCUT2D eigenvalue weighted by atomic mass is 10.1. The van der Waals surface area contributed by atoms with Crippen molar-refractivity contribution in [2.45, 2.75) is 42.2 Å². The van der Waals surface area contributed by atoms with E-state index in [0.717, 1.165) is 6.42 Å². The highest BCUT2D eigenvalue weighted by Gasteiger charge is 2.56. The van der Waals surface area contributed by atoms with Gasteiger partial charge in [0.25, 0.3) is 5.91 Å². The summed E-state index contributed by atoms with van der Waals surface area (Å²) in [6.45, 7) is 0.274. The molecule has 1 saturated heterocycles. The minimum atomic E-state index is -0.763. The topological polar surface area (TPSA) is 110 Å². The molecule has 164 valence electrons. The summed E-state index contributed by atoms with van der Waals surface area (Å²) in [5.74, 6) is -0.740. The van der Waals surface area contributed by atoms with Gasteiger partial charge in [-0.15, -0.1) is 23.2 Å². The van der Waals surface area contributed by atoms with Gasteiger partial charge in [-0.05, 0) is 43.4 Å². The third-order valence-corrected chi connectivity index (χ3v) is 7.57. The quantitative estimate of drug-likeness (QED) is 0.612. The Hall–Kier alpha value is -2.03. The fraction of sp³-hybridized carbons (Fsp3) is 0.500.